The van der Waals surface area contributed by atoms with Crippen LogP contribution in [-0.2, 0) is 9.05 Å². The molecule has 0 saturated carbocycles. The highest BCUT2D eigenvalue weighted by molar-refractivity contribution is 8.14. The second-order valence-corrected chi connectivity index (χ2v) is 6.31. The molecule has 0 fully saturated rings. The van der Waals surface area contributed by atoms with E-state index in [0.717, 1.165) is 4.70 Å². The maximum absolute atomic E-state index is 11.2. The van der Waals surface area contributed by atoms with Crippen molar-refractivity contribution in [3.05, 3.63) is 22.7 Å². The monoisotopic (exact) mass is 267 g/mol. The largest absolute Gasteiger partial charge is 0.264 e. The van der Waals surface area contributed by atoms with E-state index in [1.165, 1.54) is 17.4 Å². The molecule has 1 aromatic carbocycles. The number of hydrogen-bond acceptors (Lipinski definition) is 4. The van der Waals surface area contributed by atoms with Crippen molar-refractivity contribution in [2.24, 2.45) is 0 Å². The molecule has 0 saturated heterocycles. The molecule has 0 aliphatic rings. The predicted molar refractivity (Wildman–Crippen MR) is 57.7 cm³/mol. The zero-order chi connectivity index (χ0) is 10.3. The van der Waals surface area contributed by atoms with E-state index in [4.69, 9.17) is 22.3 Å². The molecule has 0 aliphatic heterocycles. The van der Waals surface area contributed by atoms with E-state index in [0.29, 0.717) is 5.52 Å². The van der Waals surface area contributed by atoms with Gasteiger partial charge < -0.3 is 0 Å². The minimum Gasteiger partial charge on any atom is -0.243 e. The Labute approximate surface area is 93.7 Å². The summed E-state index contributed by atoms with van der Waals surface area (Å²) in [6.07, 6.45) is 0. The maximum Gasteiger partial charge on any atom is 0.264 e. The standard InChI is InChI=1S/C7H3Cl2NO2S2/c8-4-1-2-5-6(10-3-13-5)7(4)14(9,11)12/h1-3H. The van der Waals surface area contributed by atoms with Gasteiger partial charge in [-0.05, 0) is 12.1 Å². The Morgan fingerprint density at radius 1 is 1.36 bits per heavy atom. The molecule has 74 valence electrons. The first-order valence-electron chi connectivity index (χ1n) is 3.46. The molecule has 3 nitrogen and oxygen atoms in total. The molecule has 1 heterocycles. The number of thiazole rings is 1. The van der Waals surface area contributed by atoms with Gasteiger partial charge in [0.1, 0.15) is 10.4 Å². The fourth-order valence-electron chi connectivity index (χ4n) is 1.11. The number of aromatic nitrogens is 1. The van der Waals surface area contributed by atoms with Crippen molar-refractivity contribution in [1.82, 2.24) is 4.98 Å². The Balaban J connectivity index is 2.98. The lowest BCUT2D eigenvalue weighted by atomic mass is 10.3. The Bertz CT molecular complexity index is 591. The molecule has 1 aromatic heterocycles. The van der Waals surface area contributed by atoms with Crippen molar-refractivity contribution >= 4 is 52.9 Å². The van der Waals surface area contributed by atoms with Gasteiger partial charge in [0.15, 0.2) is 0 Å². The number of rotatable bonds is 1. The van der Waals surface area contributed by atoms with Crippen molar-refractivity contribution in [2.45, 2.75) is 4.90 Å². The SMILES string of the molecule is O=S(=O)(Cl)c1c(Cl)ccc2scnc12. The molecular weight excluding hydrogens is 265 g/mol. The highest BCUT2D eigenvalue weighted by Crippen LogP contribution is 2.33. The van der Waals surface area contributed by atoms with E-state index in [9.17, 15) is 8.42 Å². The van der Waals surface area contributed by atoms with Gasteiger partial charge in [0, 0.05) is 10.7 Å². The Hall–Kier alpha value is -0.360. The maximum atomic E-state index is 11.2. The van der Waals surface area contributed by atoms with E-state index < -0.39 is 9.05 Å². The van der Waals surface area contributed by atoms with Gasteiger partial charge in [0.05, 0.1) is 15.2 Å². The number of fused-ring (bicyclic) bond motifs is 1. The average molecular weight is 268 g/mol. The lowest BCUT2D eigenvalue weighted by Crippen LogP contribution is -1.93. The third-order valence-corrected chi connectivity index (χ3v) is 4.24. The van der Waals surface area contributed by atoms with Gasteiger partial charge >= 0.3 is 0 Å². The van der Waals surface area contributed by atoms with Crippen molar-refractivity contribution < 1.29 is 8.42 Å². The summed E-state index contributed by atoms with van der Waals surface area (Å²) in [5.74, 6) is 0. The summed E-state index contributed by atoms with van der Waals surface area (Å²) in [6.45, 7) is 0. The zero-order valence-corrected chi connectivity index (χ0v) is 9.71. The summed E-state index contributed by atoms with van der Waals surface area (Å²) in [5, 5.41) is 0.0957. The summed E-state index contributed by atoms with van der Waals surface area (Å²) < 4.78 is 23.2. The molecule has 0 spiro atoms. The van der Waals surface area contributed by atoms with Crippen molar-refractivity contribution in [2.75, 3.05) is 0 Å². The second-order valence-electron chi connectivity index (χ2n) is 2.51. The van der Waals surface area contributed by atoms with Crippen LogP contribution in [0, 0.1) is 0 Å². The van der Waals surface area contributed by atoms with E-state index >= 15 is 0 Å². The molecule has 0 radical (unpaired) electrons. The summed E-state index contributed by atoms with van der Waals surface area (Å²) in [6, 6.07) is 3.21. The van der Waals surface area contributed by atoms with Crippen LogP contribution >= 0.6 is 33.6 Å². The first-order valence-corrected chi connectivity index (χ1v) is 7.03. The fraction of sp³-hybridized carbons (Fsp3) is 0. The van der Waals surface area contributed by atoms with Crippen LogP contribution in [0.1, 0.15) is 0 Å². The van der Waals surface area contributed by atoms with Gasteiger partial charge in [-0.2, -0.15) is 0 Å². The quantitative estimate of drug-likeness (QED) is 0.747. The van der Waals surface area contributed by atoms with Crippen LogP contribution in [0.3, 0.4) is 0 Å². The highest BCUT2D eigenvalue weighted by atomic mass is 35.7. The zero-order valence-electron chi connectivity index (χ0n) is 6.57. The van der Waals surface area contributed by atoms with Crippen molar-refractivity contribution in [3.8, 4) is 0 Å². The molecule has 0 unspecified atom stereocenters. The number of nitrogens with zero attached hydrogens (tertiary/aromatic N) is 1. The summed E-state index contributed by atoms with van der Waals surface area (Å²) >= 11 is 7.08. The fourth-order valence-corrected chi connectivity index (χ4v) is 3.60. The number of benzene rings is 1. The normalized spacial score (nSPS) is 12.1. The summed E-state index contributed by atoms with van der Waals surface area (Å²) in [5.41, 5.74) is 1.88. The molecule has 14 heavy (non-hydrogen) atoms. The van der Waals surface area contributed by atoms with E-state index in [2.05, 4.69) is 4.98 Å². The molecule has 2 rings (SSSR count). The van der Waals surface area contributed by atoms with Crippen LogP contribution < -0.4 is 0 Å². The van der Waals surface area contributed by atoms with Crippen molar-refractivity contribution in [1.29, 1.82) is 0 Å². The second kappa shape index (κ2) is 3.34. The molecular formula is C7H3Cl2NO2S2. The Morgan fingerprint density at radius 2 is 2.07 bits per heavy atom. The predicted octanol–water partition coefficient (Wildman–Crippen LogP) is 2.88. The topological polar surface area (TPSA) is 47.0 Å². The third-order valence-electron chi connectivity index (χ3n) is 1.65. The van der Waals surface area contributed by atoms with E-state index in [-0.39, 0.29) is 9.92 Å². The van der Waals surface area contributed by atoms with E-state index in [1.54, 1.807) is 11.6 Å². The van der Waals surface area contributed by atoms with Crippen molar-refractivity contribution in [3.63, 3.8) is 0 Å². The van der Waals surface area contributed by atoms with Gasteiger partial charge in [-0.15, -0.1) is 11.3 Å². The molecule has 7 heteroatoms. The summed E-state index contributed by atoms with van der Waals surface area (Å²) in [4.78, 5) is 3.80. The van der Waals surface area contributed by atoms with Crippen LogP contribution in [-0.4, -0.2) is 13.4 Å². The molecule has 0 N–H and O–H groups in total. The van der Waals surface area contributed by atoms with Gasteiger partial charge in [-0.3, -0.25) is 0 Å². The lowest BCUT2D eigenvalue weighted by Gasteiger charge is -1.99. The van der Waals surface area contributed by atoms with Gasteiger partial charge in [0.25, 0.3) is 9.05 Å². The minimum absolute atomic E-state index is 0.0957. The van der Waals surface area contributed by atoms with Crippen LogP contribution in [0.15, 0.2) is 22.5 Å². The smallest absolute Gasteiger partial charge is 0.243 e. The van der Waals surface area contributed by atoms with E-state index in [1.807, 2.05) is 0 Å². The third kappa shape index (κ3) is 1.61. The number of hydrogen-bond donors (Lipinski definition) is 0. The van der Waals surface area contributed by atoms with Crippen LogP contribution in [0.25, 0.3) is 10.2 Å². The van der Waals surface area contributed by atoms with Gasteiger partial charge in [0.2, 0.25) is 0 Å². The molecule has 0 amide bonds. The molecule has 2 aromatic rings. The molecule has 0 bridgehead atoms. The average Bonchev–Trinajstić information content (AvgIpc) is 2.48. The first-order chi connectivity index (χ1) is 6.50. The summed E-state index contributed by atoms with van der Waals surface area (Å²) in [7, 11) is 1.41. The van der Waals surface area contributed by atoms with Crippen LogP contribution in [0.5, 0.6) is 0 Å². The minimum atomic E-state index is -3.85. The van der Waals surface area contributed by atoms with Crippen LogP contribution in [0.2, 0.25) is 5.02 Å². The highest BCUT2D eigenvalue weighted by Gasteiger charge is 2.20. The molecule has 0 aliphatic carbocycles. The van der Waals surface area contributed by atoms with Gasteiger partial charge in [-0.1, -0.05) is 11.6 Å². The Kier molecular flexibility index (Phi) is 2.43. The number of halogens is 2. The van der Waals surface area contributed by atoms with Crippen LogP contribution in [0.4, 0.5) is 0 Å². The molecule has 0 atom stereocenters. The first kappa shape index (κ1) is 10.2. The lowest BCUT2D eigenvalue weighted by molar-refractivity contribution is 0.610. The van der Waals surface area contributed by atoms with Gasteiger partial charge in [-0.25, -0.2) is 13.4 Å². The Morgan fingerprint density at radius 3 is 2.71 bits per heavy atom.